The van der Waals surface area contributed by atoms with E-state index >= 15 is 0 Å². The zero-order chi connectivity index (χ0) is 29.3. The fourth-order valence-electron chi connectivity index (χ4n) is 5.63. The number of β-amino-alcohol motifs (C(OH)–C–C–N with tert-alkyl or cyclic N) is 1. The van der Waals surface area contributed by atoms with Crippen molar-refractivity contribution in [2.45, 2.75) is 96.7 Å². The van der Waals surface area contributed by atoms with E-state index in [1.807, 2.05) is 57.3 Å². The molecule has 0 spiro atoms. The normalized spacial score (nSPS) is 20.0. The van der Waals surface area contributed by atoms with Gasteiger partial charge in [0.05, 0.1) is 11.8 Å². The number of carbonyl (C=O) groups excluding carboxylic acids is 2. The highest BCUT2D eigenvalue weighted by molar-refractivity contribution is 5.90. The molecule has 5 rings (SSSR count). The second kappa shape index (κ2) is 11.7. The number of carbonyl (C=O) groups is 2. The molecule has 1 saturated heterocycles. The van der Waals surface area contributed by atoms with Crippen molar-refractivity contribution in [3.05, 3.63) is 53.9 Å². The van der Waals surface area contributed by atoms with Gasteiger partial charge in [0.25, 0.3) is 0 Å². The van der Waals surface area contributed by atoms with E-state index in [1.165, 1.54) is 4.90 Å². The largest absolute Gasteiger partial charge is 0.391 e. The summed E-state index contributed by atoms with van der Waals surface area (Å²) in [7, 11) is 0. The van der Waals surface area contributed by atoms with Crippen LogP contribution in [0.4, 0.5) is 0 Å². The van der Waals surface area contributed by atoms with Gasteiger partial charge in [-0.25, -0.2) is 4.68 Å². The number of hydrogen-bond acceptors (Lipinski definition) is 7. The van der Waals surface area contributed by atoms with Gasteiger partial charge in [-0.05, 0) is 36.8 Å². The topological polar surface area (TPSA) is 131 Å². The molecule has 0 unspecified atom stereocenters. The van der Waals surface area contributed by atoms with Crippen LogP contribution in [0.1, 0.15) is 95.5 Å². The molecule has 220 valence electrons. The Hall–Kier alpha value is -3.60. The number of likely N-dealkylation sites (tertiary alicyclic amines) is 1. The molecule has 11 heteroatoms. The molecule has 3 heterocycles. The molecule has 0 bridgehead atoms. The molecule has 3 aromatic rings. The van der Waals surface area contributed by atoms with Crippen LogP contribution < -0.4 is 5.32 Å². The average Bonchev–Trinajstić information content (AvgIpc) is 3.31. The SMILES string of the molecule is CC(C)c1nnc(CCCNC(=O)[C@@H]2C[C@@H](O)CN2C(=O)[C@@H](n2cc(C3CC3)nn2)C(C)(C)C)n1-c1ccccc1. The van der Waals surface area contributed by atoms with E-state index in [4.69, 9.17) is 0 Å². The number of nitrogens with zero attached hydrogens (tertiary/aromatic N) is 7. The van der Waals surface area contributed by atoms with E-state index in [9.17, 15) is 14.7 Å². The molecule has 2 N–H and O–H groups in total. The summed E-state index contributed by atoms with van der Waals surface area (Å²) in [5.41, 5.74) is 1.45. The number of benzene rings is 1. The summed E-state index contributed by atoms with van der Waals surface area (Å²) in [6.07, 6.45) is 4.80. The van der Waals surface area contributed by atoms with Crippen molar-refractivity contribution >= 4 is 11.8 Å². The molecule has 1 aromatic carbocycles. The summed E-state index contributed by atoms with van der Waals surface area (Å²) in [6.45, 7) is 10.7. The first kappa shape index (κ1) is 28.9. The number of rotatable bonds is 10. The van der Waals surface area contributed by atoms with Gasteiger partial charge < -0.3 is 15.3 Å². The summed E-state index contributed by atoms with van der Waals surface area (Å²) in [4.78, 5) is 28.8. The Morgan fingerprint density at radius 2 is 1.83 bits per heavy atom. The van der Waals surface area contributed by atoms with Crippen LogP contribution in [0.15, 0.2) is 36.5 Å². The maximum Gasteiger partial charge on any atom is 0.248 e. The minimum atomic E-state index is -0.757. The Bertz CT molecular complexity index is 1360. The molecule has 1 aliphatic heterocycles. The van der Waals surface area contributed by atoms with Crippen molar-refractivity contribution in [2.75, 3.05) is 13.1 Å². The van der Waals surface area contributed by atoms with Crippen molar-refractivity contribution in [3.8, 4) is 5.69 Å². The Morgan fingerprint density at radius 1 is 1.10 bits per heavy atom. The lowest BCUT2D eigenvalue weighted by Crippen LogP contribution is -2.50. The molecular formula is C30H42N8O3. The number of aromatic nitrogens is 6. The van der Waals surface area contributed by atoms with Crippen LogP contribution >= 0.6 is 0 Å². The zero-order valence-corrected chi connectivity index (χ0v) is 24.7. The summed E-state index contributed by atoms with van der Waals surface area (Å²) < 4.78 is 3.73. The Balaban J connectivity index is 1.23. The summed E-state index contributed by atoms with van der Waals surface area (Å²) in [5.74, 6) is 1.89. The first-order valence-corrected chi connectivity index (χ1v) is 14.7. The summed E-state index contributed by atoms with van der Waals surface area (Å²) in [5, 5.41) is 31.0. The molecule has 0 radical (unpaired) electrons. The quantitative estimate of drug-likeness (QED) is 0.363. The van der Waals surface area contributed by atoms with Gasteiger partial charge in [0.15, 0.2) is 0 Å². The van der Waals surface area contributed by atoms with Crippen LogP contribution in [-0.4, -0.2) is 76.8 Å². The average molecular weight is 563 g/mol. The molecule has 2 amide bonds. The number of hydrogen-bond donors (Lipinski definition) is 2. The lowest BCUT2D eigenvalue weighted by molar-refractivity contribution is -0.144. The van der Waals surface area contributed by atoms with Gasteiger partial charge in [-0.15, -0.1) is 15.3 Å². The molecule has 3 atom stereocenters. The van der Waals surface area contributed by atoms with E-state index in [1.54, 1.807) is 4.68 Å². The van der Waals surface area contributed by atoms with Crippen LogP contribution in [0.2, 0.25) is 0 Å². The van der Waals surface area contributed by atoms with E-state index in [0.717, 1.165) is 35.9 Å². The van der Waals surface area contributed by atoms with Gasteiger partial charge in [0.1, 0.15) is 23.7 Å². The zero-order valence-electron chi connectivity index (χ0n) is 24.7. The third-order valence-electron chi connectivity index (χ3n) is 7.87. The predicted octanol–water partition coefficient (Wildman–Crippen LogP) is 3.16. The lowest BCUT2D eigenvalue weighted by Gasteiger charge is -2.34. The molecule has 1 aliphatic carbocycles. The maximum absolute atomic E-state index is 13.9. The highest BCUT2D eigenvalue weighted by atomic mass is 16.3. The number of amides is 2. The highest BCUT2D eigenvalue weighted by Gasteiger charge is 2.45. The number of nitrogens with one attached hydrogen (secondary N) is 1. The third kappa shape index (κ3) is 6.34. The van der Waals surface area contributed by atoms with Gasteiger partial charge in [0, 0.05) is 49.7 Å². The molecule has 2 aromatic heterocycles. The van der Waals surface area contributed by atoms with Crippen LogP contribution in [0, 0.1) is 5.41 Å². The second-order valence-corrected chi connectivity index (χ2v) is 12.8. The standard InChI is InChI=1S/C30H42N8O3/c1-19(2)27-34-33-25(38(27)21-10-7-6-8-11-21)12-9-15-31-28(40)24-16-22(39)17-36(24)29(41)26(30(3,4)5)37-18-23(32-35-37)20-13-14-20/h6-8,10-11,18-20,22,24,26,39H,9,12-17H2,1-5H3,(H,31,40)/t22-,24+,26-/m1/s1. The maximum atomic E-state index is 13.9. The Morgan fingerprint density at radius 3 is 2.49 bits per heavy atom. The molecule has 2 aliphatic rings. The van der Waals surface area contributed by atoms with Gasteiger partial charge in [0.2, 0.25) is 11.8 Å². The van der Waals surface area contributed by atoms with Crippen LogP contribution in [0.3, 0.4) is 0 Å². The monoisotopic (exact) mass is 562 g/mol. The fourth-order valence-corrected chi connectivity index (χ4v) is 5.63. The fraction of sp³-hybridized carbons (Fsp3) is 0.600. The highest BCUT2D eigenvalue weighted by Crippen LogP contribution is 2.40. The van der Waals surface area contributed by atoms with Crippen molar-refractivity contribution < 1.29 is 14.7 Å². The minimum Gasteiger partial charge on any atom is -0.391 e. The Labute approximate surface area is 241 Å². The summed E-state index contributed by atoms with van der Waals surface area (Å²) in [6, 6.07) is 8.66. The van der Waals surface area contributed by atoms with Gasteiger partial charge >= 0.3 is 0 Å². The van der Waals surface area contributed by atoms with Crippen molar-refractivity contribution in [3.63, 3.8) is 0 Å². The minimum absolute atomic E-state index is 0.117. The van der Waals surface area contributed by atoms with E-state index in [-0.39, 0.29) is 30.7 Å². The van der Waals surface area contributed by atoms with Crippen LogP contribution in [0.5, 0.6) is 0 Å². The van der Waals surface area contributed by atoms with Gasteiger partial charge in [-0.2, -0.15) is 0 Å². The number of aryl methyl sites for hydroxylation is 1. The molecular weight excluding hydrogens is 520 g/mol. The number of para-hydroxylation sites is 1. The molecule has 1 saturated carbocycles. The van der Waals surface area contributed by atoms with E-state index in [0.29, 0.717) is 25.3 Å². The van der Waals surface area contributed by atoms with Crippen LogP contribution in [0.25, 0.3) is 5.69 Å². The van der Waals surface area contributed by atoms with Crippen molar-refractivity contribution in [2.24, 2.45) is 5.41 Å². The lowest BCUT2D eigenvalue weighted by atomic mass is 9.85. The summed E-state index contributed by atoms with van der Waals surface area (Å²) >= 11 is 0. The molecule has 11 nitrogen and oxygen atoms in total. The Kier molecular flexibility index (Phi) is 8.26. The van der Waals surface area contributed by atoms with E-state index < -0.39 is 23.6 Å². The van der Waals surface area contributed by atoms with Crippen LogP contribution in [-0.2, 0) is 16.0 Å². The van der Waals surface area contributed by atoms with Gasteiger partial charge in [-0.1, -0.05) is 58.0 Å². The third-order valence-corrected chi connectivity index (χ3v) is 7.87. The van der Waals surface area contributed by atoms with Crippen molar-refractivity contribution in [1.29, 1.82) is 0 Å². The number of aliphatic hydroxyl groups is 1. The first-order valence-electron chi connectivity index (χ1n) is 14.7. The number of aliphatic hydroxyl groups excluding tert-OH is 1. The smallest absolute Gasteiger partial charge is 0.248 e. The molecule has 41 heavy (non-hydrogen) atoms. The molecule has 2 fully saturated rings. The van der Waals surface area contributed by atoms with Crippen molar-refractivity contribution in [1.82, 2.24) is 40.0 Å². The second-order valence-electron chi connectivity index (χ2n) is 12.8. The van der Waals surface area contributed by atoms with Gasteiger partial charge in [-0.3, -0.25) is 14.2 Å². The first-order chi connectivity index (χ1) is 19.5. The predicted molar refractivity (Wildman–Crippen MR) is 153 cm³/mol. The van der Waals surface area contributed by atoms with E-state index in [2.05, 4.69) is 44.2 Å².